The van der Waals surface area contributed by atoms with Crippen molar-refractivity contribution in [3.05, 3.63) is 108 Å². The highest BCUT2D eigenvalue weighted by atomic mass is 16.5. The van der Waals surface area contributed by atoms with Gasteiger partial charge in [-0.05, 0) is 66.6 Å². The smallest absolute Gasteiger partial charge is 0.213 e. The molecule has 0 radical (unpaired) electrons. The van der Waals surface area contributed by atoms with Gasteiger partial charge in [0.25, 0.3) is 0 Å². The molecule has 2 heterocycles. The van der Waals surface area contributed by atoms with Crippen LogP contribution in [0.2, 0.25) is 0 Å². The summed E-state index contributed by atoms with van der Waals surface area (Å²) in [5, 5.41) is 9.71. The molecule has 2 atom stereocenters. The average Bonchev–Trinajstić information content (AvgIpc) is 3.29. The van der Waals surface area contributed by atoms with E-state index >= 15 is 0 Å². The summed E-state index contributed by atoms with van der Waals surface area (Å²) in [5.41, 5.74) is 4.51. The van der Waals surface area contributed by atoms with E-state index in [-0.39, 0.29) is 18.4 Å². The van der Waals surface area contributed by atoms with E-state index in [1.165, 1.54) is 21.9 Å². The molecule has 4 aromatic rings. The van der Waals surface area contributed by atoms with Crippen LogP contribution in [0.25, 0.3) is 10.8 Å². The Labute approximate surface area is 194 Å². The number of rotatable bonds is 4. The zero-order chi connectivity index (χ0) is 22.4. The quantitative estimate of drug-likeness (QED) is 0.351. The summed E-state index contributed by atoms with van der Waals surface area (Å²) in [5.74, 6) is 1.80. The van der Waals surface area contributed by atoms with Crippen molar-refractivity contribution in [3.63, 3.8) is 0 Å². The largest absolute Gasteiger partial charge is 0.491 e. The van der Waals surface area contributed by atoms with Gasteiger partial charge in [0.15, 0.2) is 0 Å². The number of hydrogen-bond acceptors (Lipinski definition) is 4. The Morgan fingerprint density at radius 2 is 1.64 bits per heavy atom. The van der Waals surface area contributed by atoms with Gasteiger partial charge in [0.05, 0.1) is 17.9 Å². The maximum atomic E-state index is 6.49. The molecule has 6 rings (SSSR count). The zero-order valence-corrected chi connectivity index (χ0v) is 18.8. The number of nitrogens with zero attached hydrogens (tertiary/aromatic N) is 2. The summed E-state index contributed by atoms with van der Waals surface area (Å²) in [6.45, 7) is 4.07. The lowest BCUT2D eigenvalue weighted by Crippen LogP contribution is -2.33. The van der Waals surface area contributed by atoms with Gasteiger partial charge in [0.2, 0.25) is 6.23 Å². The molecule has 2 aliphatic heterocycles. The third kappa shape index (κ3) is 3.62. The highest BCUT2D eigenvalue weighted by molar-refractivity contribution is 6.04. The van der Waals surface area contributed by atoms with Crippen LogP contribution >= 0.6 is 0 Å². The van der Waals surface area contributed by atoms with Gasteiger partial charge in [0, 0.05) is 17.5 Å². The first-order chi connectivity index (χ1) is 16.2. The van der Waals surface area contributed by atoms with Crippen molar-refractivity contribution < 1.29 is 9.47 Å². The summed E-state index contributed by atoms with van der Waals surface area (Å²) in [4.78, 5) is 0. The fourth-order valence-electron chi connectivity index (χ4n) is 4.78. The van der Waals surface area contributed by atoms with Crippen molar-refractivity contribution in [2.75, 3.05) is 0 Å². The molecular formula is C29H26N2O2. The third-order valence-electron chi connectivity index (χ3n) is 6.32. The average molecular weight is 435 g/mol. The molecule has 0 saturated carbocycles. The molecule has 4 nitrogen and oxygen atoms in total. The number of ether oxygens (including phenoxy) is 2. The van der Waals surface area contributed by atoms with Gasteiger partial charge in [-0.1, -0.05) is 54.6 Å². The van der Waals surface area contributed by atoms with E-state index in [2.05, 4.69) is 77.8 Å². The van der Waals surface area contributed by atoms with Crippen molar-refractivity contribution >= 4 is 16.5 Å². The van der Waals surface area contributed by atoms with Crippen molar-refractivity contribution in [2.45, 2.75) is 38.6 Å². The minimum atomic E-state index is -0.282. The number of benzene rings is 4. The Balaban J connectivity index is 1.39. The SMILES string of the molecule is CC(C)Oc1ccc(C2Oc3ccccc3C3CC(c4ccc5ccccc5c4)=NN32)cc1. The van der Waals surface area contributed by atoms with E-state index in [1.807, 2.05) is 32.0 Å². The molecule has 2 unspecified atom stereocenters. The van der Waals surface area contributed by atoms with Crippen LogP contribution < -0.4 is 9.47 Å². The number of hydrogen-bond donors (Lipinski definition) is 0. The first kappa shape index (κ1) is 19.9. The Morgan fingerprint density at radius 3 is 2.45 bits per heavy atom. The van der Waals surface area contributed by atoms with E-state index in [0.29, 0.717) is 0 Å². The maximum Gasteiger partial charge on any atom is 0.213 e. The fraction of sp³-hybridized carbons (Fsp3) is 0.207. The molecule has 0 amide bonds. The highest BCUT2D eigenvalue weighted by Gasteiger charge is 2.40. The number of fused-ring (bicyclic) bond motifs is 4. The van der Waals surface area contributed by atoms with Crippen LogP contribution in [0.1, 0.15) is 49.2 Å². The zero-order valence-electron chi connectivity index (χ0n) is 18.8. The number of hydrazone groups is 1. The van der Waals surface area contributed by atoms with E-state index in [9.17, 15) is 0 Å². The predicted octanol–water partition coefficient (Wildman–Crippen LogP) is 6.87. The normalized spacial score (nSPS) is 19.1. The van der Waals surface area contributed by atoms with Gasteiger partial charge in [-0.2, -0.15) is 5.10 Å². The second-order valence-corrected chi connectivity index (χ2v) is 8.95. The van der Waals surface area contributed by atoms with E-state index in [4.69, 9.17) is 14.6 Å². The van der Waals surface area contributed by atoms with Crippen LogP contribution in [0, 0.1) is 0 Å². The van der Waals surface area contributed by atoms with Gasteiger partial charge in [-0.3, -0.25) is 0 Å². The molecule has 0 aliphatic carbocycles. The Kier molecular flexibility index (Phi) is 4.79. The summed E-state index contributed by atoms with van der Waals surface area (Å²) in [7, 11) is 0. The molecule has 0 bridgehead atoms. The molecule has 0 saturated heterocycles. The summed E-state index contributed by atoms with van der Waals surface area (Å²) in [6.07, 6.45) is 0.714. The first-order valence-corrected chi connectivity index (χ1v) is 11.5. The lowest BCUT2D eigenvalue weighted by Gasteiger charge is -2.38. The van der Waals surface area contributed by atoms with Crippen LogP contribution in [-0.4, -0.2) is 16.8 Å². The van der Waals surface area contributed by atoms with Crippen LogP contribution in [0.15, 0.2) is 96.1 Å². The van der Waals surface area contributed by atoms with Crippen LogP contribution in [-0.2, 0) is 0 Å². The van der Waals surface area contributed by atoms with Gasteiger partial charge in [-0.15, -0.1) is 0 Å². The van der Waals surface area contributed by atoms with Gasteiger partial charge in [-0.25, -0.2) is 5.01 Å². The molecule has 0 spiro atoms. The summed E-state index contributed by atoms with van der Waals surface area (Å²) < 4.78 is 12.3. The van der Waals surface area contributed by atoms with Crippen molar-refractivity contribution in [3.8, 4) is 11.5 Å². The Hall–Kier alpha value is -3.79. The molecule has 4 aromatic carbocycles. The standard InChI is InChI=1S/C29H26N2O2/c1-19(2)32-24-15-13-21(14-16-24)29-31-27(25-9-5-6-10-28(25)33-29)18-26(30-31)23-12-11-20-7-3-4-8-22(20)17-23/h3-17,19,27,29H,18H2,1-2H3. The van der Waals surface area contributed by atoms with E-state index in [0.717, 1.165) is 29.2 Å². The van der Waals surface area contributed by atoms with Crippen molar-refractivity contribution in [1.29, 1.82) is 0 Å². The van der Waals surface area contributed by atoms with E-state index < -0.39 is 0 Å². The minimum absolute atomic E-state index is 0.144. The Morgan fingerprint density at radius 1 is 0.879 bits per heavy atom. The summed E-state index contributed by atoms with van der Waals surface area (Å²) in [6, 6.07) is 31.7. The molecule has 0 N–H and O–H groups in total. The van der Waals surface area contributed by atoms with Gasteiger partial charge < -0.3 is 9.47 Å². The molecule has 0 fully saturated rings. The predicted molar refractivity (Wildman–Crippen MR) is 132 cm³/mol. The highest BCUT2D eigenvalue weighted by Crippen LogP contribution is 2.47. The molecule has 33 heavy (non-hydrogen) atoms. The Bertz CT molecular complexity index is 1340. The molecule has 164 valence electrons. The van der Waals surface area contributed by atoms with Gasteiger partial charge >= 0.3 is 0 Å². The molecule has 2 aliphatic rings. The lowest BCUT2D eigenvalue weighted by atomic mass is 9.95. The minimum Gasteiger partial charge on any atom is -0.491 e. The summed E-state index contributed by atoms with van der Waals surface area (Å²) >= 11 is 0. The van der Waals surface area contributed by atoms with Crippen LogP contribution in [0.3, 0.4) is 0 Å². The van der Waals surface area contributed by atoms with E-state index in [1.54, 1.807) is 0 Å². The fourth-order valence-corrected chi connectivity index (χ4v) is 4.78. The second-order valence-electron chi connectivity index (χ2n) is 8.95. The molecular weight excluding hydrogens is 408 g/mol. The second kappa shape index (κ2) is 7.96. The molecule has 4 heteroatoms. The van der Waals surface area contributed by atoms with Crippen molar-refractivity contribution in [1.82, 2.24) is 5.01 Å². The third-order valence-corrected chi connectivity index (χ3v) is 6.32. The monoisotopic (exact) mass is 434 g/mol. The van der Waals surface area contributed by atoms with Gasteiger partial charge in [0.1, 0.15) is 11.5 Å². The molecule has 0 aromatic heterocycles. The topological polar surface area (TPSA) is 34.1 Å². The number of para-hydroxylation sites is 1. The maximum absolute atomic E-state index is 6.49. The first-order valence-electron chi connectivity index (χ1n) is 11.5. The van der Waals surface area contributed by atoms with Crippen LogP contribution in [0.4, 0.5) is 0 Å². The van der Waals surface area contributed by atoms with Crippen molar-refractivity contribution in [2.24, 2.45) is 5.10 Å². The van der Waals surface area contributed by atoms with Crippen LogP contribution in [0.5, 0.6) is 11.5 Å². The lowest BCUT2D eigenvalue weighted by molar-refractivity contribution is -0.0190.